The van der Waals surface area contributed by atoms with Crippen molar-refractivity contribution in [2.45, 2.75) is 66.2 Å². The van der Waals surface area contributed by atoms with Gasteiger partial charge in [-0.15, -0.1) is 0 Å². The number of halogens is 3. The van der Waals surface area contributed by atoms with Gasteiger partial charge in [0.2, 0.25) is 5.91 Å². The summed E-state index contributed by atoms with van der Waals surface area (Å²) in [5, 5.41) is 10.6. The molecule has 0 spiro atoms. The molecule has 2 aromatic rings. The van der Waals surface area contributed by atoms with E-state index in [9.17, 15) is 4.79 Å². The summed E-state index contributed by atoms with van der Waals surface area (Å²) in [4.78, 5) is 13.6. The molecule has 0 saturated carbocycles. The molecule has 1 fully saturated rings. The fourth-order valence-corrected chi connectivity index (χ4v) is 4.09. The van der Waals surface area contributed by atoms with Gasteiger partial charge in [-0.05, 0) is 73.6 Å². The number of unbranched alkanes of at least 4 members (excludes halogenated alkanes) is 2. The Kier molecular flexibility index (Phi) is 14.2. The quantitative estimate of drug-likeness (QED) is 0.379. The van der Waals surface area contributed by atoms with Crippen molar-refractivity contribution in [2.24, 2.45) is 5.92 Å². The van der Waals surface area contributed by atoms with Crippen LogP contribution in [0, 0.1) is 24.2 Å². The molecule has 1 aliphatic heterocycles. The van der Waals surface area contributed by atoms with Gasteiger partial charge in [-0.25, -0.2) is 0 Å². The molecule has 1 aliphatic rings. The molecular weight excluding hydrogens is 475 g/mol. The van der Waals surface area contributed by atoms with Crippen LogP contribution in [0.4, 0.5) is 0 Å². The van der Waals surface area contributed by atoms with Crippen LogP contribution in [0.1, 0.15) is 69.6 Å². The first-order valence-corrected chi connectivity index (χ1v) is 12.7. The average Bonchev–Trinajstić information content (AvgIpc) is 3.23. The van der Waals surface area contributed by atoms with Crippen molar-refractivity contribution in [2.75, 3.05) is 13.1 Å². The average molecular weight is 510 g/mol. The Labute approximate surface area is 214 Å². The van der Waals surface area contributed by atoms with Gasteiger partial charge in [0.05, 0.1) is 10.6 Å². The molecule has 1 amide bonds. The first kappa shape index (κ1) is 29.3. The Morgan fingerprint density at radius 3 is 2.33 bits per heavy atom. The van der Waals surface area contributed by atoms with E-state index in [0.29, 0.717) is 16.5 Å². The minimum absolute atomic E-state index is 0.373. The second-order valence-electron chi connectivity index (χ2n) is 8.38. The molecular formula is C27H35Cl3N2O. The van der Waals surface area contributed by atoms with Crippen LogP contribution < -0.4 is 0 Å². The maximum absolute atomic E-state index is 11.6. The maximum Gasteiger partial charge on any atom is 0.222 e. The molecule has 0 aliphatic carbocycles. The van der Waals surface area contributed by atoms with Gasteiger partial charge in [0.1, 0.15) is 6.07 Å². The highest BCUT2D eigenvalue weighted by atomic mass is 35.5. The largest absolute Gasteiger partial charge is 0.342 e. The highest BCUT2D eigenvalue weighted by Crippen LogP contribution is 2.20. The Morgan fingerprint density at radius 2 is 1.82 bits per heavy atom. The van der Waals surface area contributed by atoms with Crippen LogP contribution in [0.3, 0.4) is 0 Å². The third kappa shape index (κ3) is 11.3. The third-order valence-electron chi connectivity index (χ3n) is 5.40. The zero-order valence-corrected chi connectivity index (χ0v) is 22.4. The molecule has 0 N–H and O–H groups in total. The normalized spacial score (nSPS) is 14.5. The highest BCUT2D eigenvalue weighted by molar-refractivity contribution is 6.33. The van der Waals surface area contributed by atoms with Gasteiger partial charge >= 0.3 is 0 Å². The Balaban J connectivity index is 0.000000251. The molecule has 6 heteroatoms. The minimum Gasteiger partial charge on any atom is -0.342 e. The number of carbonyl (C=O) groups excluding carboxylic acids is 1. The number of likely N-dealkylation sites (tertiary alicyclic amines) is 1. The minimum atomic E-state index is 0.373. The molecule has 3 rings (SSSR count). The Hall–Kier alpha value is -1.73. The van der Waals surface area contributed by atoms with Crippen LogP contribution in [0.2, 0.25) is 15.1 Å². The van der Waals surface area contributed by atoms with Gasteiger partial charge in [-0.3, -0.25) is 4.79 Å². The lowest BCUT2D eigenvalue weighted by molar-refractivity contribution is -0.130. The topological polar surface area (TPSA) is 44.1 Å². The molecule has 1 saturated heterocycles. The summed E-state index contributed by atoms with van der Waals surface area (Å²) in [7, 11) is 0. The fraction of sp³-hybridized carbons (Fsp3) is 0.481. The number of hydrogen-bond donors (Lipinski definition) is 0. The van der Waals surface area contributed by atoms with Crippen molar-refractivity contribution in [1.29, 1.82) is 5.26 Å². The van der Waals surface area contributed by atoms with E-state index in [4.69, 9.17) is 40.1 Å². The first-order chi connectivity index (χ1) is 15.7. The molecule has 1 atom stereocenters. The van der Waals surface area contributed by atoms with Crippen LogP contribution in [0.15, 0.2) is 36.4 Å². The smallest absolute Gasteiger partial charge is 0.222 e. The predicted octanol–water partition coefficient (Wildman–Crippen LogP) is 8.51. The number of benzene rings is 2. The van der Waals surface area contributed by atoms with Crippen molar-refractivity contribution in [3.63, 3.8) is 0 Å². The lowest BCUT2D eigenvalue weighted by Gasteiger charge is -2.15. The SMILES string of the molecule is CCCCCC(=O)N1CC[C@H](C)C1.CCc1cc(Cl)ccc1Cl.Cc1ccc(C#N)c(Cl)c1. The number of hydrogen-bond acceptors (Lipinski definition) is 2. The van der Waals surface area contributed by atoms with Crippen molar-refractivity contribution in [1.82, 2.24) is 4.90 Å². The summed E-state index contributed by atoms with van der Waals surface area (Å²) >= 11 is 17.3. The van der Waals surface area contributed by atoms with Crippen LogP contribution in [0.5, 0.6) is 0 Å². The molecule has 0 radical (unpaired) electrons. The van der Waals surface area contributed by atoms with Gasteiger partial charge in [0.25, 0.3) is 0 Å². The molecule has 180 valence electrons. The molecule has 0 bridgehead atoms. The van der Waals surface area contributed by atoms with E-state index < -0.39 is 0 Å². The van der Waals surface area contributed by atoms with E-state index in [1.54, 1.807) is 18.2 Å². The summed E-state index contributed by atoms with van der Waals surface area (Å²) in [6.45, 7) is 10.4. The summed E-state index contributed by atoms with van der Waals surface area (Å²) in [5.74, 6) is 1.09. The Morgan fingerprint density at radius 1 is 1.09 bits per heavy atom. The van der Waals surface area contributed by atoms with Crippen LogP contribution >= 0.6 is 34.8 Å². The first-order valence-electron chi connectivity index (χ1n) is 11.6. The highest BCUT2D eigenvalue weighted by Gasteiger charge is 2.22. The lowest BCUT2D eigenvalue weighted by atomic mass is 10.2. The standard InChI is InChI=1S/C11H21NO.C8H8Cl2.C8H6ClN/c1-3-4-5-6-11(13)12-8-7-10(2)9-12;1-2-6-5-7(9)3-4-8(6)10;1-6-2-3-7(5-10)8(9)4-6/h10H,3-9H2,1-2H3;3-5H,2H2,1H3;2-4H,1H3/t10-;;/m0../s1. The number of nitriles is 1. The van der Waals surface area contributed by atoms with Crippen LogP contribution in [-0.2, 0) is 11.2 Å². The molecule has 3 nitrogen and oxygen atoms in total. The number of aryl methyl sites for hydroxylation is 2. The zero-order chi connectivity index (χ0) is 24.8. The molecule has 1 heterocycles. The number of amides is 1. The van der Waals surface area contributed by atoms with E-state index in [1.165, 1.54) is 19.3 Å². The molecule has 33 heavy (non-hydrogen) atoms. The van der Waals surface area contributed by atoms with Crippen molar-refractivity contribution >= 4 is 40.7 Å². The maximum atomic E-state index is 11.6. The summed E-state index contributed by atoms with van der Waals surface area (Å²) in [6.07, 6.45) is 6.35. The predicted molar refractivity (Wildman–Crippen MR) is 141 cm³/mol. The Bertz CT molecular complexity index is 915. The van der Waals surface area contributed by atoms with E-state index in [0.717, 1.165) is 59.4 Å². The number of nitrogens with zero attached hydrogens (tertiary/aromatic N) is 2. The molecule has 2 aromatic carbocycles. The summed E-state index contributed by atoms with van der Waals surface area (Å²) in [5.41, 5.74) is 2.71. The second-order valence-corrected chi connectivity index (χ2v) is 9.63. The van der Waals surface area contributed by atoms with Gasteiger partial charge in [-0.1, -0.05) is 74.5 Å². The molecule has 0 aromatic heterocycles. The third-order valence-corrected chi connectivity index (χ3v) is 6.32. The van der Waals surface area contributed by atoms with E-state index in [2.05, 4.69) is 20.8 Å². The van der Waals surface area contributed by atoms with Crippen molar-refractivity contribution in [3.8, 4) is 6.07 Å². The lowest BCUT2D eigenvalue weighted by Crippen LogP contribution is -2.28. The van der Waals surface area contributed by atoms with Gasteiger partial charge < -0.3 is 4.90 Å². The zero-order valence-electron chi connectivity index (χ0n) is 20.1. The summed E-state index contributed by atoms with van der Waals surface area (Å²) < 4.78 is 0. The second kappa shape index (κ2) is 16.0. The van der Waals surface area contributed by atoms with Crippen molar-refractivity contribution < 1.29 is 4.79 Å². The van der Waals surface area contributed by atoms with E-state index in [1.807, 2.05) is 36.1 Å². The number of rotatable bonds is 5. The molecule has 0 unspecified atom stereocenters. The van der Waals surface area contributed by atoms with Crippen LogP contribution in [0.25, 0.3) is 0 Å². The van der Waals surface area contributed by atoms with Crippen molar-refractivity contribution in [3.05, 3.63) is 68.2 Å². The number of carbonyl (C=O) groups is 1. The van der Waals surface area contributed by atoms with E-state index >= 15 is 0 Å². The van der Waals surface area contributed by atoms with E-state index in [-0.39, 0.29) is 0 Å². The fourth-order valence-electron chi connectivity index (χ4n) is 3.37. The summed E-state index contributed by atoms with van der Waals surface area (Å²) in [6, 6.07) is 12.9. The van der Waals surface area contributed by atoms with Gasteiger partial charge in [0, 0.05) is 29.6 Å². The van der Waals surface area contributed by atoms with Gasteiger partial charge in [0.15, 0.2) is 0 Å². The monoisotopic (exact) mass is 508 g/mol. The van der Waals surface area contributed by atoms with Crippen LogP contribution in [-0.4, -0.2) is 23.9 Å². The van der Waals surface area contributed by atoms with Gasteiger partial charge in [-0.2, -0.15) is 5.26 Å².